The van der Waals surface area contributed by atoms with Crippen molar-refractivity contribution in [1.82, 2.24) is 0 Å². The van der Waals surface area contributed by atoms with Gasteiger partial charge in [-0.3, -0.25) is 4.79 Å². The fourth-order valence-electron chi connectivity index (χ4n) is 2.09. The summed E-state index contributed by atoms with van der Waals surface area (Å²) in [6.07, 6.45) is 0.904. The Kier molecular flexibility index (Phi) is 4.77. The third kappa shape index (κ3) is 3.60. The number of rotatable bonds is 5. The molecular formula is C17H20N2O. The van der Waals surface area contributed by atoms with Crippen molar-refractivity contribution in [3.63, 3.8) is 0 Å². The lowest BCUT2D eigenvalue weighted by atomic mass is 10.1. The van der Waals surface area contributed by atoms with E-state index in [9.17, 15) is 4.79 Å². The normalized spacial score (nSPS) is 10.1. The number of benzene rings is 2. The molecule has 0 atom stereocenters. The predicted octanol–water partition coefficient (Wildman–Crippen LogP) is 3.61. The first kappa shape index (κ1) is 14.1. The Bertz CT molecular complexity index is 593. The molecule has 0 aliphatic rings. The van der Waals surface area contributed by atoms with E-state index in [4.69, 9.17) is 0 Å². The third-order valence-electron chi connectivity index (χ3n) is 3.26. The minimum atomic E-state index is -0.0332. The Morgan fingerprint density at radius 3 is 2.35 bits per heavy atom. The molecule has 3 heteroatoms. The molecule has 0 fully saturated rings. The summed E-state index contributed by atoms with van der Waals surface area (Å²) in [4.78, 5) is 12.0. The lowest BCUT2D eigenvalue weighted by molar-refractivity contribution is -0.114. The zero-order valence-corrected chi connectivity index (χ0v) is 11.9. The molecule has 0 saturated heterocycles. The standard InChI is InChI=1S/C17H20N2O/c1-3-14-9-5-7-11-16(14)19-17(20)12-18-15-10-6-4-8-13(15)2/h4-11,18H,3,12H2,1-2H3,(H,19,20). The number of aryl methyl sites for hydroxylation is 2. The van der Waals surface area contributed by atoms with E-state index in [0.29, 0.717) is 0 Å². The Morgan fingerprint density at radius 1 is 1.00 bits per heavy atom. The molecule has 0 radical (unpaired) electrons. The van der Waals surface area contributed by atoms with Gasteiger partial charge >= 0.3 is 0 Å². The third-order valence-corrected chi connectivity index (χ3v) is 3.26. The van der Waals surface area contributed by atoms with Gasteiger partial charge in [0.2, 0.25) is 5.91 Å². The quantitative estimate of drug-likeness (QED) is 0.869. The zero-order valence-electron chi connectivity index (χ0n) is 11.9. The van der Waals surface area contributed by atoms with Crippen molar-refractivity contribution in [3.05, 3.63) is 59.7 Å². The smallest absolute Gasteiger partial charge is 0.243 e. The molecule has 0 heterocycles. The summed E-state index contributed by atoms with van der Waals surface area (Å²) < 4.78 is 0. The summed E-state index contributed by atoms with van der Waals surface area (Å²) in [5.41, 5.74) is 4.17. The summed E-state index contributed by atoms with van der Waals surface area (Å²) in [7, 11) is 0. The second-order valence-corrected chi connectivity index (χ2v) is 4.73. The average molecular weight is 268 g/mol. The molecule has 0 spiro atoms. The van der Waals surface area contributed by atoms with Crippen molar-refractivity contribution >= 4 is 17.3 Å². The van der Waals surface area contributed by atoms with Gasteiger partial charge < -0.3 is 10.6 Å². The highest BCUT2D eigenvalue weighted by Crippen LogP contribution is 2.16. The lowest BCUT2D eigenvalue weighted by Crippen LogP contribution is -2.22. The maximum absolute atomic E-state index is 12.0. The van der Waals surface area contributed by atoms with Gasteiger partial charge in [-0.15, -0.1) is 0 Å². The highest BCUT2D eigenvalue weighted by atomic mass is 16.1. The number of anilines is 2. The lowest BCUT2D eigenvalue weighted by Gasteiger charge is -2.12. The van der Waals surface area contributed by atoms with Gasteiger partial charge in [-0.05, 0) is 36.6 Å². The molecule has 2 rings (SSSR count). The van der Waals surface area contributed by atoms with Crippen molar-refractivity contribution in [2.45, 2.75) is 20.3 Å². The summed E-state index contributed by atoms with van der Waals surface area (Å²) in [6.45, 7) is 4.37. The molecule has 0 unspecified atom stereocenters. The van der Waals surface area contributed by atoms with Crippen LogP contribution in [-0.2, 0) is 11.2 Å². The predicted molar refractivity (Wildman–Crippen MR) is 84.1 cm³/mol. The Labute approximate surface area is 120 Å². The molecule has 0 bridgehead atoms. The van der Waals surface area contributed by atoms with E-state index in [-0.39, 0.29) is 12.5 Å². The first-order valence-electron chi connectivity index (χ1n) is 6.88. The van der Waals surface area contributed by atoms with Gasteiger partial charge in [0.1, 0.15) is 0 Å². The Hall–Kier alpha value is -2.29. The van der Waals surface area contributed by atoms with Gasteiger partial charge in [0.25, 0.3) is 0 Å². The zero-order chi connectivity index (χ0) is 14.4. The van der Waals surface area contributed by atoms with Crippen LogP contribution in [-0.4, -0.2) is 12.5 Å². The van der Waals surface area contributed by atoms with Crippen LogP contribution < -0.4 is 10.6 Å². The van der Waals surface area contributed by atoms with E-state index in [2.05, 4.69) is 17.6 Å². The highest BCUT2D eigenvalue weighted by molar-refractivity contribution is 5.94. The van der Waals surface area contributed by atoms with E-state index < -0.39 is 0 Å². The number of carbonyl (C=O) groups excluding carboxylic acids is 1. The summed E-state index contributed by atoms with van der Waals surface area (Å²) in [5.74, 6) is -0.0332. The van der Waals surface area contributed by atoms with Crippen LogP contribution in [0.2, 0.25) is 0 Å². The van der Waals surface area contributed by atoms with Crippen molar-refractivity contribution in [2.75, 3.05) is 17.2 Å². The number of amides is 1. The fraction of sp³-hybridized carbons (Fsp3) is 0.235. The summed E-state index contributed by atoms with van der Waals surface area (Å²) in [6, 6.07) is 15.8. The van der Waals surface area contributed by atoms with Crippen LogP contribution in [0.5, 0.6) is 0 Å². The van der Waals surface area contributed by atoms with Crippen molar-refractivity contribution in [2.24, 2.45) is 0 Å². The largest absolute Gasteiger partial charge is 0.376 e. The van der Waals surface area contributed by atoms with Gasteiger partial charge in [0.05, 0.1) is 6.54 Å². The van der Waals surface area contributed by atoms with Gasteiger partial charge in [-0.25, -0.2) is 0 Å². The van der Waals surface area contributed by atoms with Crippen LogP contribution >= 0.6 is 0 Å². The Morgan fingerprint density at radius 2 is 1.65 bits per heavy atom. The Balaban J connectivity index is 1.95. The van der Waals surface area contributed by atoms with Crippen molar-refractivity contribution in [1.29, 1.82) is 0 Å². The van der Waals surface area contributed by atoms with Crippen LogP contribution in [0.25, 0.3) is 0 Å². The number of nitrogens with one attached hydrogen (secondary N) is 2. The molecule has 0 aliphatic carbocycles. The first-order valence-corrected chi connectivity index (χ1v) is 6.88. The van der Waals surface area contributed by atoms with E-state index in [0.717, 1.165) is 28.9 Å². The summed E-state index contributed by atoms with van der Waals surface area (Å²) in [5, 5.41) is 6.11. The maximum Gasteiger partial charge on any atom is 0.243 e. The second-order valence-electron chi connectivity index (χ2n) is 4.73. The van der Waals surface area contributed by atoms with Gasteiger partial charge in [-0.1, -0.05) is 43.3 Å². The molecule has 20 heavy (non-hydrogen) atoms. The van der Waals surface area contributed by atoms with Crippen LogP contribution in [0.1, 0.15) is 18.1 Å². The SMILES string of the molecule is CCc1ccccc1NC(=O)CNc1ccccc1C. The fourth-order valence-corrected chi connectivity index (χ4v) is 2.09. The molecule has 0 aliphatic heterocycles. The van der Waals surface area contributed by atoms with Crippen LogP contribution in [0.15, 0.2) is 48.5 Å². The van der Waals surface area contributed by atoms with Crippen molar-refractivity contribution < 1.29 is 4.79 Å². The minimum absolute atomic E-state index is 0.0332. The van der Waals surface area contributed by atoms with Crippen molar-refractivity contribution in [3.8, 4) is 0 Å². The van der Waals surface area contributed by atoms with E-state index in [1.54, 1.807) is 0 Å². The maximum atomic E-state index is 12.0. The van der Waals surface area contributed by atoms with Crippen LogP contribution in [0.4, 0.5) is 11.4 Å². The van der Waals surface area contributed by atoms with Crippen LogP contribution in [0.3, 0.4) is 0 Å². The number of hydrogen-bond acceptors (Lipinski definition) is 2. The second kappa shape index (κ2) is 6.75. The average Bonchev–Trinajstić information content (AvgIpc) is 2.47. The number of para-hydroxylation sites is 2. The number of hydrogen-bond donors (Lipinski definition) is 2. The highest BCUT2D eigenvalue weighted by Gasteiger charge is 2.05. The molecule has 0 aromatic heterocycles. The van der Waals surface area contributed by atoms with Gasteiger partial charge in [-0.2, -0.15) is 0 Å². The molecule has 2 N–H and O–H groups in total. The molecule has 104 valence electrons. The molecule has 3 nitrogen and oxygen atoms in total. The first-order chi connectivity index (χ1) is 9.70. The topological polar surface area (TPSA) is 41.1 Å². The van der Waals surface area contributed by atoms with Gasteiger partial charge in [0, 0.05) is 11.4 Å². The molecule has 2 aromatic carbocycles. The summed E-state index contributed by atoms with van der Waals surface area (Å²) >= 11 is 0. The molecular weight excluding hydrogens is 248 g/mol. The molecule has 0 saturated carbocycles. The monoisotopic (exact) mass is 268 g/mol. The van der Waals surface area contributed by atoms with E-state index >= 15 is 0 Å². The molecule has 2 aromatic rings. The number of carbonyl (C=O) groups is 1. The minimum Gasteiger partial charge on any atom is -0.376 e. The molecule has 1 amide bonds. The van der Waals surface area contributed by atoms with Gasteiger partial charge in [0.15, 0.2) is 0 Å². The van der Waals surface area contributed by atoms with E-state index in [1.165, 1.54) is 0 Å². The van der Waals surface area contributed by atoms with E-state index in [1.807, 2.05) is 55.5 Å². The van der Waals surface area contributed by atoms with Crippen LogP contribution in [0, 0.1) is 6.92 Å².